The fraction of sp³-hybridized carbons (Fsp3) is 0.923. The van der Waals surface area contributed by atoms with Gasteiger partial charge in [0.1, 0.15) is 6.61 Å². The Balaban J connectivity index is 2.99. The van der Waals surface area contributed by atoms with Crippen molar-refractivity contribution in [2.75, 3.05) is 66.1 Å². The topological polar surface area (TPSA) is 46.2 Å². The molecular weight excluding hydrogens is 392 g/mol. The van der Waals surface area contributed by atoms with Crippen molar-refractivity contribution in [3.05, 3.63) is 0 Å². The molecule has 5 heteroatoms. The largest absolute Gasteiger partial charge is 0.379 e. The Morgan fingerprint density at radius 3 is 1.13 bits per heavy atom. The van der Waals surface area contributed by atoms with Crippen LogP contribution in [0, 0.1) is 12.3 Å². The molecule has 0 atom stereocenters. The van der Waals surface area contributed by atoms with E-state index in [1.165, 1.54) is 77.0 Å². The van der Waals surface area contributed by atoms with Gasteiger partial charge >= 0.3 is 0 Å². The number of terminal acetylenes is 1. The highest BCUT2D eigenvalue weighted by molar-refractivity contribution is 4.82. The Bertz CT molecular complexity index is 356. The standard InChI is InChI=1S/C26H50O5/c1-3-5-6-7-8-9-10-11-12-13-14-15-16-18-28-20-22-30-24-26-31-25-23-29-21-19-27-17-4-2/h2H,3,5-26H2,1H3. The lowest BCUT2D eigenvalue weighted by atomic mass is 10.0. The molecule has 0 fully saturated rings. The van der Waals surface area contributed by atoms with Crippen LogP contribution in [0.3, 0.4) is 0 Å². The third kappa shape index (κ3) is 29.4. The highest BCUT2D eigenvalue weighted by Crippen LogP contribution is 2.12. The Hall–Kier alpha value is -0.640. The first-order valence-corrected chi connectivity index (χ1v) is 12.7. The van der Waals surface area contributed by atoms with E-state index in [1.807, 2.05) is 0 Å². The first kappa shape index (κ1) is 30.4. The van der Waals surface area contributed by atoms with Crippen LogP contribution in [0.4, 0.5) is 0 Å². The van der Waals surface area contributed by atoms with E-state index in [1.54, 1.807) is 0 Å². The van der Waals surface area contributed by atoms with Crippen LogP contribution in [0.15, 0.2) is 0 Å². The molecule has 0 aliphatic rings. The van der Waals surface area contributed by atoms with Crippen LogP contribution in [-0.2, 0) is 23.7 Å². The van der Waals surface area contributed by atoms with Crippen LogP contribution in [0.25, 0.3) is 0 Å². The van der Waals surface area contributed by atoms with Gasteiger partial charge in [0.25, 0.3) is 0 Å². The van der Waals surface area contributed by atoms with E-state index in [9.17, 15) is 0 Å². The predicted octanol–water partition coefficient (Wildman–Crippen LogP) is 5.79. The van der Waals surface area contributed by atoms with Crippen molar-refractivity contribution in [1.82, 2.24) is 0 Å². The minimum atomic E-state index is 0.334. The second kappa shape index (κ2) is 29.4. The molecule has 0 N–H and O–H groups in total. The van der Waals surface area contributed by atoms with Gasteiger partial charge in [0.05, 0.1) is 52.9 Å². The van der Waals surface area contributed by atoms with Crippen LogP contribution < -0.4 is 0 Å². The average molecular weight is 443 g/mol. The molecule has 0 aliphatic heterocycles. The van der Waals surface area contributed by atoms with Gasteiger partial charge in [0, 0.05) is 6.61 Å². The van der Waals surface area contributed by atoms with Crippen molar-refractivity contribution in [1.29, 1.82) is 0 Å². The molecular formula is C26H50O5. The quantitative estimate of drug-likeness (QED) is 0.119. The third-order valence-corrected chi connectivity index (χ3v) is 5.07. The molecule has 0 aromatic carbocycles. The normalized spacial score (nSPS) is 11.1. The molecule has 5 nitrogen and oxygen atoms in total. The van der Waals surface area contributed by atoms with Crippen LogP contribution in [-0.4, -0.2) is 66.1 Å². The lowest BCUT2D eigenvalue weighted by Gasteiger charge is -2.07. The summed E-state index contributed by atoms with van der Waals surface area (Å²) in [5.74, 6) is 2.41. The molecule has 31 heavy (non-hydrogen) atoms. The molecule has 0 aliphatic carbocycles. The maximum atomic E-state index is 5.62. The van der Waals surface area contributed by atoms with Gasteiger partial charge in [-0.3, -0.25) is 0 Å². The molecule has 0 saturated carbocycles. The zero-order chi connectivity index (χ0) is 22.5. The third-order valence-electron chi connectivity index (χ3n) is 5.07. The van der Waals surface area contributed by atoms with Crippen molar-refractivity contribution >= 4 is 0 Å². The molecule has 0 spiro atoms. The van der Waals surface area contributed by atoms with Crippen molar-refractivity contribution < 1.29 is 23.7 Å². The van der Waals surface area contributed by atoms with Gasteiger partial charge in [0.15, 0.2) is 0 Å². The minimum Gasteiger partial charge on any atom is -0.379 e. The fourth-order valence-electron chi connectivity index (χ4n) is 3.23. The maximum Gasteiger partial charge on any atom is 0.107 e. The van der Waals surface area contributed by atoms with Gasteiger partial charge < -0.3 is 23.7 Å². The fourth-order valence-corrected chi connectivity index (χ4v) is 3.23. The summed E-state index contributed by atoms with van der Waals surface area (Å²) in [6.45, 7) is 8.11. The number of hydrogen-bond acceptors (Lipinski definition) is 5. The predicted molar refractivity (Wildman–Crippen MR) is 129 cm³/mol. The van der Waals surface area contributed by atoms with E-state index >= 15 is 0 Å². The molecule has 0 bridgehead atoms. The SMILES string of the molecule is C#CCOCCOCCOCCOCCOCCCCCCCCCCCCCCC. The maximum absolute atomic E-state index is 5.62. The lowest BCUT2D eigenvalue weighted by Crippen LogP contribution is -2.13. The van der Waals surface area contributed by atoms with E-state index < -0.39 is 0 Å². The van der Waals surface area contributed by atoms with Crippen LogP contribution in [0.1, 0.15) is 90.4 Å². The highest BCUT2D eigenvalue weighted by Gasteiger charge is 1.95. The summed E-state index contributed by atoms with van der Waals surface area (Å²) in [5, 5.41) is 0. The molecule has 0 radical (unpaired) electrons. The van der Waals surface area contributed by atoms with Crippen molar-refractivity contribution in [2.45, 2.75) is 90.4 Å². The number of rotatable bonds is 27. The van der Waals surface area contributed by atoms with E-state index in [-0.39, 0.29) is 0 Å². The summed E-state index contributed by atoms with van der Waals surface area (Å²) in [6.07, 6.45) is 23.0. The van der Waals surface area contributed by atoms with E-state index in [0.29, 0.717) is 59.5 Å². The number of ether oxygens (including phenoxy) is 5. The number of hydrogen-bond donors (Lipinski definition) is 0. The van der Waals surface area contributed by atoms with Gasteiger partial charge in [-0.1, -0.05) is 89.9 Å². The summed E-state index contributed by atoms with van der Waals surface area (Å²) in [4.78, 5) is 0. The van der Waals surface area contributed by atoms with Crippen molar-refractivity contribution in [3.63, 3.8) is 0 Å². The first-order chi connectivity index (χ1) is 15.4. The van der Waals surface area contributed by atoms with Crippen LogP contribution >= 0.6 is 0 Å². The van der Waals surface area contributed by atoms with E-state index in [2.05, 4.69) is 12.8 Å². The summed E-state index contributed by atoms with van der Waals surface area (Å²) >= 11 is 0. The van der Waals surface area contributed by atoms with Gasteiger partial charge in [-0.2, -0.15) is 0 Å². The molecule has 0 amide bonds. The first-order valence-electron chi connectivity index (χ1n) is 12.7. The summed E-state index contributed by atoms with van der Waals surface area (Å²) < 4.78 is 27.0. The lowest BCUT2D eigenvalue weighted by molar-refractivity contribution is -0.00935. The monoisotopic (exact) mass is 442 g/mol. The molecule has 0 aromatic heterocycles. The van der Waals surface area contributed by atoms with E-state index in [0.717, 1.165) is 13.0 Å². The Kier molecular flexibility index (Phi) is 28.8. The molecule has 0 rings (SSSR count). The zero-order valence-corrected chi connectivity index (χ0v) is 20.4. The van der Waals surface area contributed by atoms with Crippen LogP contribution in [0.2, 0.25) is 0 Å². The second-order valence-corrected chi connectivity index (χ2v) is 7.95. The average Bonchev–Trinajstić information content (AvgIpc) is 2.78. The minimum absolute atomic E-state index is 0.334. The summed E-state index contributed by atoms with van der Waals surface area (Å²) in [6, 6.07) is 0. The second-order valence-electron chi connectivity index (χ2n) is 7.95. The molecule has 0 saturated heterocycles. The number of unbranched alkanes of at least 4 members (excludes halogenated alkanes) is 12. The molecule has 0 unspecified atom stereocenters. The van der Waals surface area contributed by atoms with Gasteiger partial charge in [-0.15, -0.1) is 6.42 Å². The van der Waals surface area contributed by atoms with Crippen molar-refractivity contribution in [2.24, 2.45) is 0 Å². The van der Waals surface area contributed by atoms with Gasteiger partial charge in [-0.05, 0) is 6.42 Å². The van der Waals surface area contributed by atoms with Gasteiger partial charge in [0.2, 0.25) is 0 Å². The molecule has 184 valence electrons. The Labute approximate surface area is 192 Å². The summed E-state index contributed by atoms with van der Waals surface area (Å²) in [5.41, 5.74) is 0. The van der Waals surface area contributed by atoms with Crippen molar-refractivity contribution in [3.8, 4) is 12.3 Å². The molecule has 0 aromatic rings. The smallest absolute Gasteiger partial charge is 0.107 e. The molecule has 0 heterocycles. The Morgan fingerprint density at radius 1 is 0.419 bits per heavy atom. The summed E-state index contributed by atoms with van der Waals surface area (Å²) in [7, 11) is 0. The van der Waals surface area contributed by atoms with E-state index in [4.69, 9.17) is 30.1 Å². The highest BCUT2D eigenvalue weighted by atomic mass is 16.6. The van der Waals surface area contributed by atoms with Gasteiger partial charge in [-0.25, -0.2) is 0 Å². The Morgan fingerprint density at radius 2 is 0.742 bits per heavy atom. The van der Waals surface area contributed by atoms with Crippen LogP contribution in [0.5, 0.6) is 0 Å². The zero-order valence-electron chi connectivity index (χ0n) is 20.4.